The fraction of sp³-hybridized carbons (Fsp3) is 0.143. The summed E-state index contributed by atoms with van der Waals surface area (Å²) in [5, 5.41) is 10.9. The van der Waals surface area contributed by atoms with E-state index < -0.39 is 0 Å². The number of thiophene rings is 1. The third-order valence-electron chi connectivity index (χ3n) is 2.65. The van der Waals surface area contributed by atoms with Gasteiger partial charge in [0.15, 0.2) is 0 Å². The van der Waals surface area contributed by atoms with Crippen LogP contribution in [0.25, 0.3) is 11.5 Å². The first-order valence-corrected chi connectivity index (χ1v) is 8.72. The van der Waals surface area contributed by atoms with E-state index in [0.29, 0.717) is 11.1 Å². The first-order valence-electron chi connectivity index (χ1n) is 6.06. The molecule has 102 valence electrons. The molecule has 3 rings (SSSR count). The van der Waals surface area contributed by atoms with Crippen molar-refractivity contribution in [1.29, 1.82) is 0 Å². The normalized spacial score (nSPS) is 10.8. The van der Waals surface area contributed by atoms with Crippen molar-refractivity contribution in [1.82, 2.24) is 10.2 Å². The summed E-state index contributed by atoms with van der Waals surface area (Å²) in [7, 11) is 0. The van der Waals surface area contributed by atoms with Crippen molar-refractivity contribution in [3.8, 4) is 11.5 Å². The second-order valence-electron chi connectivity index (χ2n) is 4.06. The molecule has 0 spiro atoms. The Morgan fingerprint density at radius 1 is 1.15 bits per heavy atom. The molecular weight excluding hydrogens is 356 g/mol. The van der Waals surface area contributed by atoms with Gasteiger partial charge < -0.3 is 4.42 Å². The third kappa shape index (κ3) is 3.50. The second kappa shape index (κ2) is 6.56. The van der Waals surface area contributed by atoms with Gasteiger partial charge in [-0.1, -0.05) is 33.8 Å². The predicted molar refractivity (Wildman–Crippen MR) is 86.2 cm³/mol. The molecule has 0 N–H and O–H groups in total. The van der Waals surface area contributed by atoms with Gasteiger partial charge in [-0.25, -0.2) is 0 Å². The van der Waals surface area contributed by atoms with Crippen LogP contribution >= 0.6 is 39.0 Å². The number of aromatic nitrogens is 2. The molecular formula is C14H11BrN2OS2. The first-order chi connectivity index (χ1) is 9.81. The molecule has 2 heterocycles. The van der Waals surface area contributed by atoms with E-state index in [2.05, 4.69) is 43.6 Å². The molecule has 20 heavy (non-hydrogen) atoms. The number of hydrogen-bond donors (Lipinski definition) is 0. The molecule has 3 nitrogen and oxygen atoms in total. The highest BCUT2D eigenvalue weighted by Crippen LogP contribution is 2.25. The monoisotopic (exact) mass is 366 g/mol. The lowest BCUT2D eigenvalue weighted by atomic mass is 10.2. The standard InChI is InChI=1S/C14H11BrN2OS2/c15-11-5-3-10(4-6-11)13-16-17-14(18-13)20-9-7-12-2-1-8-19-12/h1-6,8H,7,9H2. The molecule has 2 aromatic heterocycles. The lowest BCUT2D eigenvalue weighted by Crippen LogP contribution is -1.84. The highest BCUT2D eigenvalue weighted by Gasteiger charge is 2.08. The van der Waals surface area contributed by atoms with Gasteiger partial charge in [-0.3, -0.25) is 0 Å². The van der Waals surface area contributed by atoms with Crippen LogP contribution in [0.5, 0.6) is 0 Å². The second-order valence-corrected chi connectivity index (χ2v) is 7.05. The van der Waals surface area contributed by atoms with E-state index in [4.69, 9.17) is 4.42 Å². The van der Waals surface area contributed by atoms with Crippen molar-refractivity contribution in [3.63, 3.8) is 0 Å². The summed E-state index contributed by atoms with van der Waals surface area (Å²) >= 11 is 6.78. The zero-order valence-electron chi connectivity index (χ0n) is 10.5. The van der Waals surface area contributed by atoms with Gasteiger partial charge in [0.25, 0.3) is 5.22 Å². The van der Waals surface area contributed by atoms with Crippen LogP contribution in [-0.4, -0.2) is 16.0 Å². The van der Waals surface area contributed by atoms with Crippen molar-refractivity contribution in [2.45, 2.75) is 11.6 Å². The lowest BCUT2D eigenvalue weighted by molar-refractivity contribution is 0.466. The Labute approximate surface area is 133 Å². The van der Waals surface area contributed by atoms with Gasteiger partial charge in [-0.2, -0.15) is 0 Å². The van der Waals surface area contributed by atoms with Gasteiger partial charge in [0.05, 0.1) is 0 Å². The van der Waals surface area contributed by atoms with Crippen molar-refractivity contribution in [2.24, 2.45) is 0 Å². The number of aryl methyl sites for hydroxylation is 1. The largest absolute Gasteiger partial charge is 0.411 e. The zero-order chi connectivity index (χ0) is 13.8. The molecule has 0 radical (unpaired) electrons. The summed E-state index contributed by atoms with van der Waals surface area (Å²) in [6.45, 7) is 0. The van der Waals surface area contributed by atoms with E-state index in [9.17, 15) is 0 Å². The van der Waals surface area contributed by atoms with Gasteiger partial charge >= 0.3 is 0 Å². The Bertz CT molecular complexity index is 665. The zero-order valence-corrected chi connectivity index (χ0v) is 13.7. The minimum Gasteiger partial charge on any atom is -0.411 e. The van der Waals surface area contributed by atoms with Crippen LogP contribution in [0.15, 0.2) is 55.9 Å². The Hall–Kier alpha value is -1.11. The number of thioether (sulfide) groups is 1. The summed E-state index contributed by atoms with van der Waals surface area (Å²) < 4.78 is 6.69. The van der Waals surface area contributed by atoms with Crippen LogP contribution < -0.4 is 0 Å². The molecule has 0 amide bonds. The highest BCUT2D eigenvalue weighted by molar-refractivity contribution is 9.10. The van der Waals surface area contributed by atoms with E-state index in [0.717, 1.165) is 22.2 Å². The van der Waals surface area contributed by atoms with Gasteiger partial charge in [-0.15, -0.1) is 21.5 Å². The molecule has 0 unspecified atom stereocenters. The number of hydrogen-bond acceptors (Lipinski definition) is 5. The average Bonchev–Trinajstić information content (AvgIpc) is 3.11. The van der Waals surface area contributed by atoms with E-state index in [1.54, 1.807) is 23.1 Å². The SMILES string of the molecule is Brc1ccc(-c2nnc(SCCc3cccs3)o2)cc1. The Balaban J connectivity index is 1.60. The molecule has 3 aromatic rings. The predicted octanol–water partition coefficient (Wildman–Crippen LogP) is 4.90. The Morgan fingerprint density at radius 3 is 2.75 bits per heavy atom. The maximum Gasteiger partial charge on any atom is 0.276 e. The van der Waals surface area contributed by atoms with Crippen LogP contribution in [0, 0.1) is 0 Å². The maximum absolute atomic E-state index is 5.66. The minimum absolute atomic E-state index is 0.566. The molecule has 0 saturated carbocycles. The summed E-state index contributed by atoms with van der Waals surface area (Å²) in [6, 6.07) is 12.1. The minimum atomic E-state index is 0.566. The average molecular weight is 367 g/mol. The molecule has 6 heteroatoms. The van der Waals surface area contributed by atoms with Crippen LogP contribution in [0.2, 0.25) is 0 Å². The quantitative estimate of drug-likeness (QED) is 0.602. The van der Waals surface area contributed by atoms with Crippen molar-refractivity contribution < 1.29 is 4.42 Å². The summed E-state index contributed by atoms with van der Waals surface area (Å²) in [6.07, 6.45) is 1.03. The molecule has 0 aliphatic rings. The van der Waals surface area contributed by atoms with E-state index in [1.165, 1.54) is 4.88 Å². The highest BCUT2D eigenvalue weighted by atomic mass is 79.9. The first kappa shape index (κ1) is 13.9. The van der Waals surface area contributed by atoms with E-state index in [-0.39, 0.29) is 0 Å². The van der Waals surface area contributed by atoms with Crippen molar-refractivity contribution >= 4 is 39.0 Å². The van der Waals surface area contributed by atoms with E-state index in [1.807, 2.05) is 24.3 Å². The molecule has 0 aliphatic carbocycles. The topological polar surface area (TPSA) is 38.9 Å². The molecule has 0 saturated heterocycles. The fourth-order valence-corrected chi connectivity index (χ4v) is 3.51. The molecule has 0 fully saturated rings. The smallest absolute Gasteiger partial charge is 0.276 e. The lowest BCUT2D eigenvalue weighted by Gasteiger charge is -1.95. The number of rotatable bonds is 5. The summed E-state index contributed by atoms with van der Waals surface area (Å²) in [4.78, 5) is 1.38. The molecule has 1 aromatic carbocycles. The maximum atomic E-state index is 5.66. The van der Waals surface area contributed by atoms with Gasteiger partial charge in [0.2, 0.25) is 5.89 Å². The fourth-order valence-electron chi connectivity index (χ4n) is 1.67. The van der Waals surface area contributed by atoms with Crippen molar-refractivity contribution in [2.75, 3.05) is 5.75 Å². The number of halogens is 1. The molecule has 0 bridgehead atoms. The third-order valence-corrected chi connectivity index (χ3v) is 4.94. The van der Waals surface area contributed by atoms with Crippen molar-refractivity contribution in [3.05, 3.63) is 51.1 Å². The van der Waals surface area contributed by atoms with Crippen LogP contribution in [-0.2, 0) is 6.42 Å². The van der Waals surface area contributed by atoms with Crippen LogP contribution in [0.1, 0.15) is 4.88 Å². The summed E-state index contributed by atoms with van der Waals surface area (Å²) in [5.74, 6) is 1.51. The number of benzene rings is 1. The summed E-state index contributed by atoms with van der Waals surface area (Å²) in [5.41, 5.74) is 0.936. The van der Waals surface area contributed by atoms with Crippen LogP contribution in [0.3, 0.4) is 0 Å². The van der Waals surface area contributed by atoms with Crippen LogP contribution in [0.4, 0.5) is 0 Å². The Morgan fingerprint density at radius 2 is 2.00 bits per heavy atom. The Kier molecular flexibility index (Phi) is 4.54. The molecule has 0 aliphatic heterocycles. The van der Waals surface area contributed by atoms with Gasteiger partial charge in [0.1, 0.15) is 0 Å². The number of nitrogens with zero attached hydrogens (tertiary/aromatic N) is 2. The van der Waals surface area contributed by atoms with E-state index >= 15 is 0 Å². The molecule has 0 atom stereocenters. The van der Waals surface area contributed by atoms with Gasteiger partial charge in [-0.05, 0) is 42.1 Å². The van der Waals surface area contributed by atoms with Gasteiger partial charge in [0, 0.05) is 20.7 Å².